The molecule has 0 atom stereocenters. The molecule has 4 nitrogen and oxygen atoms in total. The molecule has 2 amide bonds. The van der Waals surface area contributed by atoms with Crippen LogP contribution in [0.5, 0.6) is 0 Å². The van der Waals surface area contributed by atoms with Crippen LogP contribution < -0.4 is 10.2 Å². The lowest BCUT2D eigenvalue weighted by Crippen LogP contribution is -2.46. The van der Waals surface area contributed by atoms with Gasteiger partial charge in [0.05, 0.1) is 5.41 Å². The Kier molecular flexibility index (Phi) is 4.02. The first-order valence-corrected chi connectivity index (χ1v) is 8.98. The Bertz CT molecular complexity index is 889. The van der Waals surface area contributed by atoms with Crippen LogP contribution in [0, 0.1) is 5.82 Å². The lowest BCUT2D eigenvalue weighted by atomic mass is 9.63. The van der Waals surface area contributed by atoms with Gasteiger partial charge in [0.25, 0.3) is 0 Å². The van der Waals surface area contributed by atoms with E-state index in [2.05, 4.69) is 5.32 Å². The van der Waals surface area contributed by atoms with Gasteiger partial charge in [0.1, 0.15) is 5.82 Å². The molecule has 0 saturated heterocycles. The highest BCUT2D eigenvalue weighted by molar-refractivity contribution is 6.00. The predicted molar refractivity (Wildman–Crippen MR) is 98.7 cm³/mol. The van der Waals surface area contributed by atoms with Gasteiger partial charge in [-0.2, -0.15) is 0 Å². The highest BCUT2D eigenvalue weighted by Crippen LogP contribution is 2.45. The molecule has 4 rings (SSSR count). The average Bonchev–Trinajstić information content (AvgIpc) is 2.97. The van der Waals surface area contributed by atoms with Gasteiger partial charge in [0.2, 0.25) is 11.8 Å². The Labute approximate surface area is 152 Å². The zero-order valence-electron chi connectivity index (χ0n) is 14.7. The summed E-state index contributed by atoms with van der Waals surface area (Å²) in [7, 11) is 0. The van der Waals surface area contributed by atoms with Crippen molar-refractivity contribution in [2.45, 2.75) is 38.0 Å². The first kappa shape index (κ1) is 16.8. The number of halogens is 1. The summed E-state index contributed by atoms with van der Waals surface area (Å²) >= 11 is 0. The second-order valence-corrected chi connectivity index (χ2v) is 7.16. The topological polar surface area (TPSA) is 49.4 Å². The number of nitrogens with zero attached hydrogens (tertiary/aromatic N) is 1. The summed E-state index contributed by atoms with van der Waals surface area (Å²) in [6.07, 6.45) is 3.20. The molecule has 2 aromatic rings. The van der Waals surface area contributed by atoms with Gasteiger partial charge in [-0.15, -0.1) is 0 Å². The third-order valence-corrected chi connectivity index (χ3v) is 5.63. The van der Waals surface area contributed by atoms with E-state index in [0.717, 1.165) is 48.2 Å². The Morgan fingerprint density at radius 3 is 2.62 bits per heavy atom. The van der Waals surface area contributed by atoms with E-state index < -0.39 is 5.41 Å². The van der Waals surface area contributed by atoms with Crippen molar-refractivity contribution in [2.75, 3.05) is 16.8 Å². The summed E-state index contributed by atoms with van der Waals surface area (Å²) in [5.74, 6) is -0.376. The fourth-order valence-electron chi connectivity index (χ4n) is 4.02. The van der Waals surface area contributed by atoms with Gasteiger partial charge in [-0.05, 0) is 60.7 Å². The van der Waals surface area contributed by atoms with Gasteiger partial charge in [-0.3, -0.25) is 9.59 Å². The first-order chi connectivity index (χ1) is 12.5. The van der Waals surface area contributed by atoms with Gasteiger partial charge in [0, 0.05) is 24.8 Å². The van der Waals surface area contributed by atoms with Crippen LogP contribution in [0.1, 0.15) is 37.3 Å². The van der Waals surface area contributed by atoms with E-state index in [1.54, 1.807) is 17.9 Å². The molecular formula is C21H21FN2O2. The molecule has 1 aliphatic carbocycles. The number of fused-ring (bicyclic) bond motifs is 1. The van der Waals surface area contributed by atoms with E-state index in [1.807, 2.05) is 24.3 Å². The number of carbonyl (C=O) groups excluding carboxylic acids is 2. The van der Waals surface area contributed by atoms with Crippen LogP contribution >= 0.6 is 0 Å². The van der Waals surface area contributed by atoms with Crippen molar-refractivity contribution in [1.82, 2.24) is 0 Å². The van der Waals surface area contributed by atoms with E-state index >= 15 is 0 Å². The Balaban J connectivity index is 1.58. The van der Waals surface area contributed by atoms with Gasteiger partial charge in [-0.25, -0.2) is 4.39 Å². The summed E-state index contributed by atoms with van der Waals surface area (Å²) in [5, 5.41) is 3.01. The molecule has 1 saturated carbocycles. The van der Waals surface area contributed by atoms with Crippen LogP contribution in [0.15, 0.2) is 42.5 Å². The van der Waals surface area contributed by atoms with Crippen LogP contribution in [0.25, 0.3) is 0 Å². The molecule has 0 unspecified atom stereocenters. The van der Waals surface area contributed by atoms with Crippen molar-refractivity contribution in [1.29, 1.82) is 0 Å². The van der Waals surface area contributed by atoms with Gasteiger partial charge < -0.3 is 10.2 Å². The predicted octanol–water partition coefficient (Wildman–Crippen LogP) is 3.80. The van der Waals surface area contributed by atoms with Crippen molar-refractivity contribution >= 4 is 23.2 Å². The van der Waals surface area contributed by atoms with E-state index in [1.165, 1.54) is 12.1 Å². The van der Waals surface area contributed by atoms with Crippen LogP contribution in [-0.4, -0.2) is 18.4 Å². The number of carbonyl (C=O) groups is 2. The van der Waals surface area contributed by atoms with Crippen molar-refractivity contribution in [3.63, 3.8) is 0 Å². The Morgan fingerprint density at radius 2 is 1.96 bits per heavy atom. The lowest BCUT2D eigenvalue weighted by molar-refractivity contribution is -0.124. The number of hydrogen-bond acceptors (Lipinski definition) is 2. The van der Waals surface area contributed by atoms with E-state index in [-0.39, 0.29) is 17.6 Å². The first-order valence-electron chi connectivity index (χ1n) is 8.98. The lowest BCUT2D eigenvalue weighted by Gasteiger charge is -2.40. The number of nitrogens with one attached hydrogen (secondary N) is 1. The quantitative estimate of drug-likeness (QED) is 0.913. The second-order valence-electron chi connectivity index (χ2n) is 7.16. The Hall–Kier alpha value is -2.69. The van der Waals surface area contributed by atoms with Gasteiger partial charge in [0.15, 0.2) is 0 Å². The van der Waals surface area contributed by atoms with Crippen LogP contribution in [0.3, 0.4) is 0 Å². The highest BCUT2D eigenvalue weighted by Gasteiger charge is 2.45. The molecule has 2 aromatic carbocycles. The molecule has 26 heavy (non-hydrogen) atoms. The van der Waals surface area contributed by atoms with Crippen LogP contribution in [0.2, 0.25) is 0 Å². The molecule has 0 radical (unpaired) electrons. The largest absolute Gasteiger partial charge is 0.325 e. The Morgan fingerprint density at radius 1 is 1.15 bits per heavy atom. The normalized spacial score (nSPS) is 17.4. The third-order valence-electron chi connectivity index (χ3n) is 5.63. The SMILES string of the molecule is CC(=O)N1CCc2cc(NC(=O)C3(c4cccc(F)c4)CCC3)ccc21. The maximum absolute atomic E-state index is 13.6. The number of amides is 2. The van der Waals surface area contributed by atoms with Crippen molar-refractivity contribution in [2.24, 2.45) is 0 Å². The van der Waals surface area contributed by atoms with Crippen molar-refractivity contribution in [3.05, 3.63) is 59.4 Å². The molecule has 134 valence electrons. The minimum absolute atomic E-state index is 0.0278. The molecule has 0 aromatic heterocycles. The standard InChI is InChI=1S/C21H21FN2O2/c1-14(25)24-11-8-15-12-18(6-7-19(15)24)23-20(26)21(9-3-10-21)16-4-2-5-17(22)13-16/h2,4-7,12-13H,3,8-11H2,1H3,(H,23,26). The molecule has 1 N–H and O–H groups in total. The zero-order valence-corrected chi connectivity index (χ0v) is 14.7. The molecule has 5 heteroatoms. The van der Waals surface area contributed by atoms with Gasteiger partial charge in [-0.1, -0.05) is 18.6 Å². The van der Waals surface area contributed by atoms with E-state index in [0.29, 0.717) is 6.54 Å². The summed E-state index contributed by atoms with van der Waals surface area (Å²) in [4.78, 5) is 26.4. The third kappa shape index (κ3) is 2.68. The summed E-state index contributed by atoms with van der Waals surface area (Å²) in [6.45, 7) is 2.24. The monoisotopic (exact) mass is 352 g/mol. The number of rotatable bonds is 3. The highest BCUT2D eigenvalue weighted by atomic mass is 19.1. The molecule has 0 spiro atoms. The minimum Gasteiger partial charge on any atom is -0.325 e. The smallest absolute Gasteiger partial charge is 0.235 e. The maximum atomic E-state index is 13.6. The number of anilines is 2. The fraction of sp³-hybridized carbons (Fsp3) is 0.333. The zero-order chi connectivity index (χ0) is 18.3. The molecule has 1 heterocycles. The summed E-state index contributed by atoms with van der Waals surface area (Å²) in [6, 6.07) is 12.0. The van der Waals surface area contributed by atoms with E-state index in [9.17, 15) is 14.0 Å². The molecule has 1 fully saturated rings. The minimum atomic E-state index is -0.646. The van der Waals surface area contributed by atoms with Crippen molar-refractivity contribution < 1.29 is 14.0 Å². The number of hydrogen-bond donors (Lipinski definition) is 1. The summed E-state index contributed by atoms with van der Waals surface area (Å²) in [5.41, 5.74) is 2.80. The van der Waals surface area contributed by atoms with Crippen LogP contribution in [0.4, 0.5) is 15.8 Å². The molecule has 0 bridgehead atoms. The molecular weight excluding hydrogens is 331 g/mol. The average molecular weight is 352 g/mol. The second kappa shape index (κ2) is 6.24. The van der Waals surface area contributed by atoms with E-state index in [4.69, 9.17) is 0 Å². The van der Waals surface area contributed by atoms with Gasteiger partial charge >= 0.3 is 0 Å². The fourth-order valence-corrected chi connectivity index (χ4v) is 4.02. The van der Waals surface area contributed by atoms with Crippen LogP contribution in [-0.2, 0) is 21.4 Å². The summed E-state index contributed by atoms with van der Waals surface area (Å²) < 4.78 is 13.6. The molecule has 1 aliphatic heterocycles. The maximum Gasteiger partial charge on any atom is 0.235 e. The number of benzene rings is 2. The van der Waals surface area contributed by atoms with Crippen molar-refractivity contribution in [3.8, 4) is 0 Å². The molecule has 2 aliphatic rings.